The van der Waals surface area contributed by atoms with E-state index in [0.717, 1.165) is 18.7 Å². The molecule has 0 spiro atoms. The number of carbonyl (C=O) groups is 1. The van der Waals surface area contributed by atoms with Crippen molar-refractivity contribution in [2.24, 2.45) is 0 Å². The second-order valence-corrected chi connectivity index (χ2v) is 4.96. The molecular formula is C12H16N4OS. The zero-order chi connectivity index (χ0) is 13.1. The molecule has 6 heteroatoms. The van der Waals surface area contributed by atoms with Crippen molar-refractivity contribution in [3.8, 4) is 0 Å². The first kappa shape index (κ1) is 12.6. The van der Waals surface area contributed by atoms with E-state index in [0.29, 0.717) is 16.5 Å². The average molecular weight is 264 g/mol. The number of anilines is 2. The number of hydrogen-bond acceptors (Lipinski definition) is 4. The van der Waals surface area contributed by atoms with Crippen molar-refractivity contribution in [3.05, 3.63) is 29.0 Å². The Morgan fingerprint density at radius 2 is 2.39 bits per heavy atom. The highest BCUT2D eigenvalue weighted by Gasteiger charge is 2.13. The smallest absolute Gasteiger partial charge is 0.274 e. The molecule has 0 atom stereocenters. The number of aromatic nitrogens is 2. The molecule has 2 aromatic heterocycles. The minimum atomic E-state index is -0.172. The molecule has 0 saturated carbocycles. The third-order valence-electron chi connectivity index (χ3n) is 2.45. The van der Waals surface area contributed by atoms with Gasteiger partial charge >= 0.3 is 0 Å². The largest absolute Gasteiger partial charge is 0.397 e. The van der Waals surface area contributed by atoms with Gasteiger partial charge in [-0.2, -0.15) is 0 Å². The zero-order valence-corrected chi connectivity index (χ0v) is 11.3. The highest BCUT2D eigenvalue weighted by molar-refractivity contribution is 7.13. The van der Waals surface area contributed by atoms with Gasteiger partial charge < -0.3 is 10.3 Å². The second kappa shape index (κ2) is 5.22. The van der Waals surface area contributed by atoms with Crippen LogP contribution in [0.1, 0.15) is 29.5 Å². The van der Waals surface area contributed by atoms with Gasteiger partial charge in [0, 0.05) is 18.1 Å². The van der Waals surface area contributed by atoms with Crippen LogP contribution in [0.25, 0.3) is 0 Å². The lowest BCUT2D eigenvalue weighted by Gasteiger charge is -2.06. The number of carbonyl (C=O) groups excluding carboxylic acids is 1. The Balaban J connectivity index is 2.17. The summed E-state index contributed by atoms with van der Waals surface area (Å²) >= 11 is 1.41. The van der Waals surface area contributed by atoms with Gasteiger partial charge in [0.15, 0.2) is 5.13 Å². The van der Waals surface area contributed by atoms with E-state index in [2.05, 4.69) is 17.2 Å². The van der Waals surface area contributed by atoms with E-state index in [-0.39, 0.29) is 5.91 Å². The molecular weight excluding hydrogens is 248 g/mol. The molecule has 0 saturated heterocycles. The Hall–Kier alpha value is -1.82. The van der Waals surface area contributed by atoms with Crippen LogP contribution in [0, 0.1) is 6.92 Å². The molecule has 5 nitrogen and oxygen atoms in total. The van der Waals surface area contributed by atoms with E-state index in [4.69, 9.17) is 5.73 Å². The SMILES string of the molecule is CCCn1cc(N)cc1C(=O)Nc1nc(C)cs1. The zero-order valence-electron chi connectivity index (χ0n) is 10.4. The fourth-order valence-corrected chi connectivity index (χ4v) is 2.41. The topological polar surface area (TPSA) is 72.9 Å². The number of nitrogen functional groups attached to an aromatic ring is 1. The lowest BCUT2D eigenvalue weighted by Crippen LogP contribution is -2.16. The number of thiazole rings is 1. The quantitative estimate of drug-likeness (QED) is 0.891. The third-order valence-corrected chi connectivity index (χ3v) is 3.33. The maximum atomic E-state index is 12.1. The van der Waals surface area contributed by atoms with Crippen LogP contribution < -0.4 is 11.1 Å². The highest BCUT2D eigenvalue weighted by atomic mass is 32.1. The number of nitrogens with one attached hydrogen (secondary N) is 1. The minimum Gasteiger partial charge on any atom is -0.397 e. The van der Waals surface area contributed by atoms with Gasteiger partial charge in [-0.15, -0.1) is 11.3 Å². The lowest BCUT2D eigenvalue weighted by atomic mass is 10.3. The van der Waals surface area contributed by atoms with Gasteiger partial charge in [0.05, 0.1) is 11.4 Å². The molecule has 0 unspecified atom stereocenters. The molecule has 18 heavy (non-hydrogen) atoms. The van der Waals surface area contributed by atoms with E-state index in [9.17, 15) is 4.79 Å². The monoisotopic (exact) mass is 264 g/mol. The summed E-state index contributed by atoms with van der Waals surface area (Å²) in [5.41, 5.74) is 7.81. The van der Waals surface area contributed by atoms with Gasteiger partial charge in [-0.25, -0.2) is 4.98 Å². The molecule has 2 heterocycles. The van der Waals surface area contributed by atoms with Crippen LogP contribution in [0.4, 0.5) is 10.8 Å². The van der Waals surface area contributed by atoms with Crippen LogP contribution in [-0.2, 0) is 6.54 Å². The Bertz CT molecular complexity index is 558. The predicted molar refractivity (Wildman–Crippen MR) is 73.9 cm³/mol. The van der Waals surface area contributed by atoms with E-state index in [1.54, 1.807) is 12.3 Å². The molecule has 0 aliphatic carbocycles. The van der Waals surface area contributed by atoms with Crippen molar-refractivity contribution in [2.45, 2.75) is 26.8 Å². The van der Waals surface area contributed by atoms with Gasteiger partial charge in [0.1, 0.15) is 5.69 Å². The van der Waals surface area contributed by atoms with Crippen LogP contribution in [-0.4, -0.2) is 15.5 Å². The van der Waals surface area contributed by atoms with Crippen LogP contribution in [0.15, 0.2) is 17.6 Å². The van der Waals surface area contributed by atoms with E-state index < -0.39 is 0 Å². The van der Waals surface area contributed by atoms with Crippen LogP contribution in [0.2, 0.25) is 0 Å². The van der Waals surface area contributed by atoms with Crippen molar-refractivity contribution in [1.82, 2.24) is 9.55 Å². The standard InChI is InChI=1S/C12H16N4OS/c1-3-4-16-6-9(13)5-10(16)11(17)15-12-14-8(2)7-18-12/h5-7H,3-4,13H2,1-2H3,(H,14,15,17). The van der Waals surface area contributed by atoms with Crippen molar-refractivity contribution >= 4 is 28.1 Å². The van der Waals surface area contributed by atoms with Crippen LogP contribution >= 0.6 is 11.3 Å². The van der Waals surface area contributed by atoms with Crippen molar-refractivity contribution in [2.75, 3.05) is 11.1 Å². The molecule has 0 aromatic carbocycles. The first-order valence-corrected chi connectivity index (χ1v) is 6.67. The number of rotatable bonds is 4. The summed E-state index contributed by atoms with van der Waals surface area (Å²) in [6.07, 6.45) is 2.73. The first-order chi connectivity index (χ1) is 8.60. The molecule has 3 N–H and O–H groups in total. The predicted octanol–water partition coefficient (Wildman–Crippen LogP) is 2.50. The van der Waals surface area contributed by atoms with Crippen molar-refractivity contribution in [1.29, 1.82) is 0 Å². The van der Waals surface area contributed by atoms with E-state index >= 15 is 0 Å². The molecule has 2 rings (SSSR count). The summed E-state index contributed by atoms with van der Waals surface area (Å²) < 4.78 is 1.87. The Kier molecular flexibility index (Phi) is 3.66. The summed E-state index contributed by atoms with van der Waals surface area (Å²) in [7, 11) is 0. The first-order valence-electron chi connectivity index (χ1n) is 5.79. The number of aryl methyl sites for hydroxylation is 2. The minimum absolute atomic E-state index is 0.172. The Morgan fingerprint density at radius 1 is 1.61 bits per heavy atom. The Labute approximate surface area is 110 Å². The molecule has 2 aromatic rings. The van der Waals surface area contributed by atoms with E-state index in [1.807, 2.05) is 16.9 Å². The third kappa shape index (κ3) is 2.70. The van der Waals surface area contributed by atoms with Gasteiger partial charge in [-0.05, 0) is 19.4 Å². The van der Waals surface area contributed by atoms with Crippen molar-refractivity contribution in [3.63, 3.8) is 0 Å². The number of nitrogens with zero attached hydrogens (tertiary/aromatic N) is 2. The van der Waals surface area contributed by atoms with Gasteiger partial charge in [-0.3, -0.25) is 10.1 Å². The Morgan fingerprint density at radius 3 is 3.00 bits per heavy atom. The molecule has 96 valence electrons. The molecule has 0 aliphatic heterocycles. The number of nitrogens with two attached hydrogens (primary N) is 1. The molecule has 0 radical (unpaired) electrons. The number of hydrogen-bond donors (Lipinski definition) is 2. The maximum absolute atomic E-state index is 12.1. The van der Waals surface area contributed by atoms with Gasteiger partial charge in [0.2, 0.25) is 0 Å². The lowest BCUT2D eigenvalue weighted by molar-refractivity contribution is 0.101. The molecule has 0 aliphatic rings. The van der Waals surface area contributed by atoms with Crippen LogP contribution in [0.3, 0.4) is 0 Å². The van der Waals surface area contributed by atoms with Gasteiger partial charge in [-0.1, -0.05) is 6.92 Å². The number of amides is 1. The maximum Gasteiger partial charge on any atom is 0.274 e. The van der Waals surface area contributed by atoms with Gasteiger partial charge in [0.25, 0.3) is 5.91 Å². The molecule has 1 amide bonds. The molecule has 0 fully saturated rings. The summed E-state index contributed by atoms with van der Waals surface area (Å²) in [6.45, 7) is 4.73. The fourth-order valence-electron chi connectivity index (χ4n) is 1.72. The normalized spacial score (nSPS) is 10.6. The summed E-state index contributed by atoms with van der Waals surface area (Å²) in [5.74, 6) is -0.172. The fraction of sp³-hybridized carbons (Fsp3) is 0.333. The summed E-state index contributed by atoms with van der Waals surface area (Å²) in [4.78, 5) is 16.3. The second-order valence-electron chi connectivity index (χ2n) is 4.10. The highest BCUT2D eigenvalue weighted by Crippen LogP contribution is 2.17. The van der Waals surface area contributed by atoms with Crippen molar-refractivity contribution < 1.29 is 4.79 Å². The summed E-state index contributed by atoms with van der Waals surface area (Å²) in [6, 6.07) is 1.69. The molecule has 0 bridgehead atoms. The van der Waals surface area contributed by atoms with E-state index in [1.165, 1.54) is 11.3 Å². The van der Waals surface area contributed by atoms with Crippen LogP contribution in [0.5, 0.6) is 0 Å². The summed E-state index contributed by atoms with van der Waals surface area (Å²) in [5, 5.41) is 5.29. The average Bonchev–Trinajstić information content (AvgIpc) is 2.86.